The van der Waals surface area contributed by atoms with Gasteiger partial charge in [0.05, 0.1) is 0 Å². The summed E-state index contributed by atoms with van der Waals surface area (Å²) in [5.74, 6) is -0.528. The van der Waals surface area contributed by atoms with E-state index in [0.29, 0.717) is 13.2 Å². The van der Waals surface area contributed by atoms with Crippen LogP contribution < -0.4 is 0 Å². The molecule has 4 heteroatoms. The molecule has 1 fully saturated rings. The quantitative estimate of drug-likeness (QED) is 0.158. The predicted molar refractivity (Wildman–Crippen MR) is 123 cm³/mol. The third-order valence-electron chi connectivity index (χ3n) is 6.61. The van der Waals surface area contributed by atoms with E-state index in [4.69, 9.17) is 12.5 Å². The zero-order valence-corrected chi connectivity index (χ0v) is 22.9. The van der Waals surface area contributed by atoms with Crippen LogP contribution in [0.15, 0.2) is 0 Å². The van der Waals surface area contributed by atoms with Crippen molar-refractivity contribution in [2.45, 2.75) is 137 Å². The van der Waals surface area contributed by atoms with E-state index in [-0.39, 0.29) is 5.60 Å². The Morgan fingerprint density at radius 3 is 1.57 bits per heavy atom. The average molecular weight is 505 g/mol. The molecule has 0 aromatic carbocycles. The van der Waals surface area contributed by atoms with Gasteiger partial charge in [-0.2, -0.15) is 0 Å². The summed E-state index contributed by atoms with van der Waals surface area (Å²) in [6, 6.07) is 0. The van der Waals surface area contributed by atoms with Gasteiger partial charge in [0.2, 0.25) is 0 Å². The van der Waals surface area contributed by atoms with Crippen molar-refractivity contribution in [2.75, 3.05) is 13.2 Å². The van der Waals surface area contributed by atoms with Crippen molar-refractivity contribution in [2.24, 2.45) is 0 Å². The van der Waals surface area contributed by atoms with Crippen LogP contribution in [0.4, 0.5) is 0 Å². The topological polar surface area (TPSA) is 27.7 Å². The monoisotopic (exact) mass is 506 g/mol. The molecule has 1 saturated heterocycles. The first kappa shape index (κ1) is 26.7. The summed E-state index contributed by atoms with van der Waals surface area (Å²) in [7, 11) is 0. The first-order valence-electron chi connectivity index (χ1n) is 12.5. The van der Waals surface area contributed by atoms with Crippen LogP contribution in [0.1, 0.15) is 112 Å². The molecule has 0 bridgehead atoms. The van der Waals surface area contributed by atoms with E-state index in [1.165, 1.54) is 64.7 Å². The molecule has 3 nitrogen and oxygen atoms in total. The number of ether oxygens (including phenoxy) is 2. The molecule has 0 saturated carbocycles. The molecule has 0 spiro atoms. The summed E-state index contributed by atoms with van der Waals surface area (Å²) < 4.78 is 24.6. The Bertz CT molecular complexity index is 377. The second-order valence-corrected chi connectivity index (χ2v) is 20.4. The van der Waals surface area contributed by atoms with Crippen molar-refractivity contribution in [3.8, 4) is 0 Å². The van der Waals surface area contributed by atoms with Crippen molar-refractivity contribution in [3.05, 3.63) is 0 Å². The van der Waals surface area contributed by atoms with Crippen molar-refractivity contribution in [3.63, 3.8) is 0 Å². The molecule has 1 aliphatic rings. The van der Waals surface area contributed by atoms with Crippen molar-refractivity contribution in [1.82, 2.24) is 0 Å². The number of hydrogen-bond acceptors (Lipinski definition) is 3. The Hall–Kier alpha value is 0.679. The van der Waals surface area contributed by atoms with E-state index in [2.05, 4.69) is 41.5 Å². The zero-order chi connectivity index (χ0) is 20.9. The first-order valence-corrected chi connectivity index (χ1v) is 19.7. The van der Waals surface area contributed by atoms with Crippen LogP contribution >= 0.6 is 0 Å². The van der Waals surface area contributed by atoms with Crippen molar-refractivity contribution in [1.29, 1.82) is 0 Å². The summed E-state index contributed by atoms with van der Waals surface area (Å²) in [5.41, 5.74) is -0.221. The molecule has 1 heterocycles. The summed E-state index contributed by atoms with van der Waals surface area (Å²) in [6.45, 7) is 14.9. The second kappa shape index (κ2) is 13.9. The second-order valence-electron chi connectivity index (χ2n) is 8.81. The maximum absolute atomic E-state index is 7.55. The van der Waals surface area contributed by atoms with Gasteiger partial charge in [-0.1, -0.05) is 0 Å². The number of rotatable bonds is 16. The summed E-state index contributed by atoms with van der Waals surface area (Å²) >= 11 is -2.67. The number of unbranched alkanes of at least 4 members (excludes halogenated alkanes) is 4. The molecule has 1 rings (SSSR count). The summed E-state index contributed by atoms with van der Waals surface area (Å²) in [5, 5.41) is 0. The molecular weight excluding hydrogens is 455 g/mol. The van der Waals surface area contributed by atoms with Gasteiger partial charge in [-0.3, -0.25) is 0 Å². The van der Waals surface area contributed by atoms with E-state index in [1.54, 1.807) is 0 Å². The van der Waals surface area contributed by atoms with Crippen molar-refractivity contribution < 1.29 is 12.5 Å². The van der Waals surface area contributed by atoms with Gasteiger partial charge < -0.3 is 0 Å². The van der Waals surface area contributed by atoms with Crippen LogP contribution in [0.5, 0.6) is 0 Å². The standard InChI is InChI=1S/C16H32O3.2C4H9.Sn/c1-6-11-13-15(17,14-12-7-2)16(8-3,18-9-4)19-10-5;2*1-3-4-2;/h3,6-14H2,1-2,4-5H3;2*1,3-4H2,2H3;/q-1;;;+1. The van der Waals surface area contributed by atoms with Gasteiger partial charge in [0.1, 0.15) is 0 Å². The van der Waals surface area contributed by atoms with Gasteiger partial charge in [0, 0.05) is 0 Å². The molecule has 0 amide bonds. The van der Waals surface area contributed by atoms with Crippen LogP contribution in [0, 0.1) is 0 Å². The van der Waals surface area contributed by atoms with Crippen LogP contribution in [0.2, 0.25) is 13.3 Å². The minimum absolute atomic E-state index is 0.221. The summed E-state index contributed by atoms with van der Waals surface area (Å²) in [6.07, 6.45) is 13.3. The summed E-state index contributed by atoms with van der Waals surface area (Å²) in [4.78, 5) is 0. The molecular formula is C24H50O3Sn. The predicted octanol–water partition coefficient (Wildman–Crippen LogP) is 7.84. The van der Waals surface area contributed by atoms with E-state index in [1.807, 2.05) is 0 Å². The Labute approximate surface area is 181 Å². The first-order chi connectivity index (χ1) is 13.5. The van der Waals surface area contributed by atoms with Crippen LogP contribution in [-0.2, 0) is 12.5 Å². The van der Waals surface area contributed by atoms with Crippen LogP contribution in [0.25, 0.3) is 0 Å². The SMILES string of the molecule is CCCCC1(CCCC)[O][Sn]([CH2]CCC)([CH2]CCC)[CH2]CC1(OCC)OCC. The van der Waals surface area contributed by atoms with Gasteiger partial charge in [0.25, 0.3) is 0 Å². The maximum atomic E-state index is 7.55. The Balaban J connectivity index is 3.34. The Kier molecular flexibility index (Phi) is 13.2. The van der Waals surface area contributed by atoms with E-state index < -0.39 is 24.6 Å². The molecule has 0 aliphatic carbocycles. The van der Waals surface area contributed by atoms with Crippen molar-refractivity contribution >= 4 is 18.8 Å². The Morgan fingerprint density at radius 2 is 1.18 bits per heavy atom. The van der Waals surface area contributed by atoms with E-state index >= 15 is 0 Å². The van der Waals surface area contributed by atoms with Crippen LogP contribution in [0.3, 0.4) is 0 Å². The molecule has 28 heavy (non-hydrogen) atoms. The number of hydrogen-bond donors (Lipinski definition) is 0. The van der Waals surface area contributed by atoms with E-state index in [0.717, 1.165) is 19.3 Å². The zero-order valence-electron chi connectivity index (χ0n) is 20.0. The van der Waals surface area contributed by atoms with Gasteiger partial charge >= 0.3 is 181 Å². The fourth-order valence-electron chi connectivity index (χ4n) is 5.09. The average Bonchev–Trinajstić information content (AvgIpc) is 2.70. The normalized spacial score (nSPS) is 20.4. The van der Waals surface area contributed by atoms with Gasteiger partial charge in [0.15, 0.2) is 0 Å². The molecule has 0 N–H and O–H groups in total. The van der Waals surface area contributed by atoms with Crippen LogP contribution in [-0.4, -0.2) is 43.4 Å². The molecule has 0 radical (unpaired) electrons. The molecule has 0 aromatic heterocycles. The molecule has 0 atom stereocenters. The van der Waals surface area contributed by atoms with Gasteiger partial charge in [-0.15, -0.1) is 0 Å². The fourth-order valence-corrected chi connectivity index (χ4v) is 19.4. The minimum atomic E-state index is -2.67. The molecule has 1 aliphatic heterocycles. The third-order valence-corrected chi connectivity index (χ3v) is 19.5. The fraction of sp³-hybridized carbons (Fsp3) is 1.00. The van der Waals surface area contributed by atoms with Gasteiger partial charge in [-0.25, -0.2) is 0 Å². The third kappa shape index (κ3) is 6.85. The molecule has 168 valence electrons. The Morgan fingerprint density at radius 1 is 0.714 bits per heavy atom. The van der Waals surface area contributed by atoms with E-state index in [9.17, 15) is 0 Å². The molecule has 0 unspecified atom stereocenters. The van der Waals surface area contributed by atoms with Gasteiger partial charge in [-0.05, 0) is 0 Å². The molecule has 0 aromatic rings.